The van der Waals surface area contributed by atoms with Gasteiger partial charge in [-0.1, -0.05) is 30.4 Å². The van der Waals surface area contributed by atoms with Crippen LogP contribution in [0.3, 0.4) is 0 Å². The van der Waals surface area contributed by atoms with Gasteiger partial charge in [-0.2, -0.15) is 0 Å². The van der Waals surface area contributed by atoms with Gasteiger partial charge in [0, 0.05) is 32.4 Å². The Morgan fingerprint density at radius 3 is 2.32 bits per heavy atom. The molecule has 1 unspecified atom stereocenters. The highest BCUT2D eigenvalue weighted by molar-refractivity contribution is 5.80. The van der Waals surface area contributed by atoms with Gasteiger partial charge in [-0.15, -0.1) is 0 Å². The second kappa shape index (κ2) is 11.3. The van der Waals surface area contributed by atoms with Crippen molar-refractivity contribution in [2.45, 2.75) is 33.4 Å². The number of hydrogen-bond acceptors (Lipinski definition) is 4. The molecule has 1 aliphatic heterocycles. The maximum Gasteiger partial charge on any atom is 0.191 e. The Morgan fingerprint density at radius 2 is 1.68 bits per heavy atom. The van der Waals surface area contributed by atoms with Crippen molar-refractivity contribution < 1.29 is 9.47 Å². The fraction of sp³-hybridized carbons (Fsp3) is 0.400. The number of anilines is 1. The maximum absolute atomic E-state index is 5.76. The molecule has 0 radical (unpaired) electrons. The lowest BCUT2D eigenvalue weighted by atomic mass is 10.1. The lowest BCUT2D eigenvalue weighted by Crippen LogP contribution is -2.38. The van der Waals surface area contributed by atoms with E-state index >= 15 is 0 Å². The zero-order valence-corrected chi connectivity index (χ0v) is 19.0. The number of hydrogen-bond donors (Lipinski definition) is 2. The van der Waals surface area contributed by atoms with E-state index in [4.69, 9.17) is 9.47 Å². The highest BCUT2D eigenvalue weighted by Crippen LogP contribution is 2.30. The molecule has 0 saturated carbocycles. The van der Waals surface area contributed by atoms with Crippen LogP contribution in [0.4, 0.5) is 5.69 Å². The van der Waals surface area contributed by atoms with Crippen molar-refractivity contribution >= 4 is 11.6 Å². The lowest BCUT2D eigenvalue weighted by molar-refractivity contribution is 0.287. The van der Waals surface area contributed by atoms with Crippen LogP contribution in [-0.2, 0) is 6.54 Å². The number of ether oxygens (including phenoxy) is 2. The van der Waals surface area contributed by atoms with Crippen LogP contribution in [0.15, 0.2) is 59.6 Å². The molecule has 0 fully saturated rings. The van der Waals surface area contributed by atoms with Gasteiger partial charge in [0.25, 0.3) is 0 Å². The largest absolute Gasteiger partial charge is 0.490 e. The van der Waals surface area contributed by atoms with Crippen molar-refractivity contribution in [3.05, 3.63) is 65.7 Å². The van der Waals surface area contributed by atoms with Crippen molar-refractivity contribution in [3.63, 3.8) is 0 Å². The summed E-state index contributed by atoms with van der Waals surface area (Å²) in [5, 5.41) is 6.86. The third kappa shape index (κ3) is 6.17. The third-order valence-corrected chi connectivity index (χ3v) is 5.22. The molecule has 0 spiro atoms. The normalized spacial score (nSPS) is 14.5. The number of aliphatic imine (C=N–C) groups is 1. The molecule has 0 bridgehead atoms. The molecule has 2 aromatic rings. The molecule has 1 atom stereocenters. The molecule has 2 N–H and O–H groups in total. The monoisotopic (exact) mass is 422 g/mol. The summed E-state index contributed by atoms with van der Waals surface area (Å²) in [5.74, 6) is 2.30. The highest BCUT2D eigenvalue weighted by atomic mass is 16.5. The molecule has 3 rings (SSSR count). The van der Waals surface area contributed by atoms with Crippen molar-refractivity contribution in [2.75, 3.05) is 38.3 Å². The molecule has 6 nitrogen and oxygen atoms in total. The van der Waals surface area contributed by atoms with E-state index in [-0.39, 0.29) is 6.04 Å². The smallest absolute Gasteiger partial charge is 0.191 e. The Labute approximate surface area is 186 Å². The van der Waals surface area contributed by atoms with Crippen LogP contribution < -0.4 is 25.0 Å². The molecule has 1 heterocycles. The Kier molecular flexibility index (Phi) is 8.21. The quantitative estimate of drug-likeness (QED) is 0.359. The van der Waals surface area contributed by atoms with Gasteiger partial charge in [-0.25, -0.2) is 0 Å². The van der Waals surface area contributed by atoms with E-state index in [1.165, 1.54) is 11.3 Å². The minimum absolute atomic E-state index is 0.0612. The molecule has 0 saturated heterocycles. The summed E-state index contributed by atoms with van der Waals surface area (Å²) in [6.07, 6.45) is 4.40. The Balaban J connectivity index is 1.57. The maximum atomic E-state index is 5.76. The van der Waals surface area contributed by atoms with E-state index in [0.717, 1.165) is 36.1 Å². The van der Waals surface area contributed by atoms with Gasteiger partial charge in [0.1, 0.15) is 0 Å². The number of nitrogens with zero attached hydrogens (tertiary/aromatic N) is 2. The third-order valence-electron chi connectivity index (χ3n) is 5.22. The minimum Gasteiger partial charge on any atom is -0.490 e. The Bertz CT molecular complexity index is 885. The van der Waals surface area contributed by atoms with E-state index < -0.39 is 0 Å². The molecule has 0 aliphatic carbocycles. The molecular formula is C25H34N4O2. The first-order valence-corrected chi connectivity index (χ1v) is 11.0. The predicted molar refractivity (Wildman–Crippen MR) is 128 cm³/mol. The number of guanidine groups is 1. The van der Waals surface area contributed by atoms with Crippen molar-refractivity contribution in [1.29, 1.82) is 0 Å². The molecule has 31 heavy (non-hydrogen) atoms. The zero-order valence-electron chi connectivity index (χ0n) is 19.0. The van der Waals surface area contributed by atoms with E-state index in [1.54, 1.807) is 7.05 Å². The van der Waals surface area contributed by atoms with Gasteiger partial charge >= 0.3 is 0 Å². The van der Waals surface area contributed by atoms with Crippen molar-refractivity contribution in [2.24, 2.45) is 4.99 Å². The zero-order chi connectivity index (χ0) is 22.1. The van der Waals surface area contributed by atoms with Gasteiger partial charge in [0.05, 0.1) is 19.3 Å². The van der Waals surface area contributed by atoms with E-state index in [1.807, 2.05) is 26.0 Å². The lowest BCUT2D eigenvalue weighted by Gasteiger charge is -2.20. The van der Waals surface area contributed by atoms with E-state index in [9.17, 15) is 0 Å². The summed E-state index contributed by atoms with van der Waals surface area (Å²) in [7, 11) is 1.79. The number of nitrogens with one attached hydrogen (secondary N) is 2. The molecular weight excluding hydrogens is 388 g/mol. The summed E-state index contributed by atoms with van der Waals surface area (Å²) in [6.45, 7) is 9.95. The highest BCUT2D eigenvalue weighted by Gasteiger charge is 2.13. The first-order valence-electron chi connectivity index (χ1n) is 11.0. The summed E-state index contributed by atoms with van der Waals surface area (Å²) in [5.41, 5.74) is 3.58. The van der Waals surface area contributed by atoms with Gasteiger partial charge in [-0.3, -0.25) is 4.99 Å². The molecule has 1 aliphatic rings. The summed E-state index contributed by atoms with van der Waals surface area (Å²) >= 11 is 0. The average Bonchev–Trinajstić information content (AvgIpc) is 3.33. The molecule has 166 valence electrons. The fourth-order valence-electron chi connectivity index (χ4n) is 3.52. The summed E-state index contributed by atoms with van der Waals surface area (Å²) in [6, 6.07) is 14.8. The molecule has 6 heteroatoms. The van der Waals surface area contributed by atoms with Crippen LogP contribution in [0.25, 0.3) is 0 Å². The van der Waals surface area contributed by atoms with Crippen LogP contribution >= 0.6 is 0 Å². The Hall–Kier alpha value is -3.15. The summed E-state index contributed by atoms with van der Waals surface area (Å²) in [4.78, 5) is 6.72. The van der Waals surface area contributed by atoms with Crippen molar-refractivity contribution in [1.82, 2.24) is 10.6 Å². The number of rotatable bonds is 9. The molecule has 0 aromatic heterocycles. The SMILES string of the molecule is CCOc1ccc(C(C)NC(=NC)NCc2ccc(N3CC=CC3)cc2)cc1OCC. The fourth-order valence-corrected chi connectivity index (χ4v) is 3.52. The first kappa shape index (κ1) is 22.5. The second-order valence-corrected chi connectivity index (χ2v) is 7.41. The van der Waals surface area contributed by atoms with Gasteiger partial charge in [0.2, 0.25) is 0 Å². The van der Waals surface area contributed by atoms with Crippen LogP contribution in [0.5, 0.6) is 11.5 Å². The topological polar surface area (TPSA) is 58.1 Å². The van der Waals surface area contributed by atoms with E-state index in [0.29, 0.717) is 19.8 Å². The van der Waals surface area contributed by atoms with Gasteiger partial charge in [0.15, 0.2) is 17.5 Å². The van der Waals surface area contributed by atoms with Crippen LogP contribution in [0, 0.1) is 0 Å². The molecule has 0 amide bonds. The van der Waals surface area contributed by atoms with Crippen molar-refractivity contribution in [3.8, 4) is 11.5 Å². The average molecular weight is 423 g/mol. The summed E-state index contributed by atoms with van der Waals surface area (Å²) < 4.78 is 11.4. The van der Waals surface area contributed by atoms with Crippen LogP contribution in [0.2, 0.25) is 0 Å². The minimum atomic E-state index is 0.0612. The van der Waals surface area contributed by atoms with Crippen LogP contribution in [-0.4, -0.2) is 39.3 Å². The van der Waals surface area contributed by atoms with Gasteiger partial charge < -0.3 is 25.0 Å². The molecule has 2 aromatic carbocycles. The predicted octanol–water partition coefficient (Wildman–Crippen LogP) is 4.29. The number of benzene rings is 2. The van der Waals surface area contributed by atoms with E-state index in [2.05, 4.69) is 69.9 Å². The first-order chi connectivity index (χ1) is 15.1. The van der Waals surface area contributed by atoms with Gasteiger partial charge in [-0.05, 0) is 56.2 Å². The van der Waals surface area contributed by atoms with Crippen LogP contribution in [0.1, 0.15) is 37.9 Å². The Morgan fingerprint density at radius 1 is 1.00 bits per heavy atom. The second-order valence-electron chi connectivity index (χ2n) is 7.41. The standard InChI is InChI=1S/C25H34N4O2/c1-5-30-23-14-11-21(17-24(23)31-6-2)19(3)28-25(26-4)27-18-20-9-12-22(13-10-20)29-15-7-8-16-29/h7-14,17,19H,5-6,15-16,18H2,1-4H3,(H2,26,27,28).